The van der Waals surface area contributed by atoms with E-state index in [0.717, 1.165) is 25.2 Å². The maximum atomic E-state index is 11.7. The summed E-state index contributed by atoms with van der Waals surface area (Å²) in [5.74, 6) is 1.36. The normalized spacial score (nSPS) is 33.1. The van der Waals surface area contributed by atoms with Crippen LogP contribution >= 0.6 is 0 Å². The van der Waals surface area contributed by atoms with Crippen LogP contribution in [0.3, 0.4) is 0 Å². The van der Waals surface area contributed by atoms with Gasteiger partial charge in [-0.05, 0) is 51.0 Å². The van der Waals surface area contributed by atoms with Crippen molar-refractivity contribution in [2.75, 3.05) is 13.3 Å². The number of hydrogen-bond acceptors (Lipinski definition) is 3. The molecule has 3 nitrogen and oxygen atoms in total. The molecule has 0 aromatic heterocycles. The van der Waals surface area contributed by atoms with Crippen molar-refractivity contribution in [2.24, 2.45) is 11.8 Å². The van der Waals surface area contributed by atoms with Crippen molar-refractivity contribution in [3.63, 3.8) is 0 Å². The zero-order valence-corrected chi connectivity index (χ0v) is 11.8. The summed E-state index contributed by atoms with van der Waals surface area (Å²) in [5, 5.41) is 3.36. The third-order valence-electron chi connectivity index (χ3n) is 4.77. The maximum Gasteiger partial charge on any atom is 0.150 e. The lowest BCUT2D eigenvalue weighted by atomic mass is 9.71. The van der Waals surface area contributed by atoms with Crippen LogP contribution in [0.25, 0.3) is 0 Å². The molecule has 0 radical (unpaired) electrons. The lowest BCUT2D eigenvalue weighted by Gasteiger charge is -2.41. The first-order valence-electron chi connectivity index (χ1n) is 6.88. The SMILES string of the molecule is CNC(C1CCC1)C1CCCC(S(C)(=O)=O)C1. The number of nitrogens with one attached hydrogen (secondary N) is 1. The molecule has 100 valence electrons. The first-order valence-corrected chi connectivity index (χ1v) is 8.84. The van der Waals surface area contributed by atoms with Crippen LogP contribution in [0.2, 0.25) is 0 Å². The Kier molecular flexibility index (Phi) is 4.14. The van der Waals surface area contributed by atoms with Gasteiger partial charge < -0.3 is 5.32 Å². The van der Waals surface area contributed by atoms with Crippen LogP contribution in [0.5, 0.6) is 0 Å². The maximum absolute atomic E-state index is 11.7. The quantitative estimate of drug-likeness (QED) is 0.839. The Balaban J connectivity index is 2.00. The Labute approximate surface area is 105 Å². The molecule has 3 atom stereocenters. The Morgan fingerprint density at radius 2 is 1.65 bits per heavy atom. The van der Waals surface area contributed by atoms with E-state index >= 15 is 0 Å². The molecule has 2 fully saturated rings. The smallest absolute Gasteiger partial charge is 0.150 e. The second-order valence-corrected chi connectivity index (χ2v) is 8.21. The molecule has 4 heteroatoms. The molecule has 0 bridgehead atoms. The van der Waals surface area contributed by atoms with Gasteiger partial charge in [0, 0.05) is 12.3 Å². The number of sulfone groups is 1. The van der Waals surface area contributed by atoms with Crippen LogP contribution in [-0.4, -0.2) is 33.0 Å². The summed E-state index contributed by atoms with van der Waals surface area (Å²) in [6, 6.07) is 0.549. The fraction of sp³-hybridized carbons (Fsp3) is 1.00. The van der Waals surface area contributed by atoms with Gasteiger partial charge in [-0.25, -0.2) is 8.42 Å². The highest BCUT2D eigenvalue weighted by atomic mass is 32.2. The molecule has 2 rings (SSSR count). The minimum Gasteiger partial charge on any atom is -0.316 e. The topological polar surface area (TPSA) is 46.2 Å². The van der Waals surface area contributed by atoms with E-state index in [1.165, 1.54) is 31.9 Å². The van der Waals surface area contributed by atoms with Gasteiger partial charge in [0.1, 0.15) is 9.84 Å². The highest BCUT2D eigenvalue weighted by molar-refractivity contribution is 7.91. The van der Waals surface area contributed by atoms with Gasteiger partial charge in [-0.2, -0.15) is 0 Å². The number of rotatable bonds is 4. The summed E-state index contributed by atoms with van der Waals surface area (Å²) in [4.78, 5) is 0. The summed E-state index contributed by atoms with van der Waals surface area (Å²) in [6.07, 6.45) is 9.43. The van der Waals surface area contributed by atoms with Gasteiger partial charge >= 0.3 is 0 Å². The van der Waals surface area contributed by atoms with Gasteiger partial charge in [-0.15, -0.1) is 0 Å². The molecule has 0 aromatic carbocycles. The molecule has 17 heavy (non-hydrogen) atoms. The Bertz CT molecular complexity index is 348. The van der Waals surface area contributed by atoms with E-state index in [2.05, 4.69) is 5.32 Å². The van der Waals surface area contributed by atoms with Crippen molar-refractivity contribution in [3.05, 3.63) is 0 Å². The first-order chi connectivity index (χ1) is 8.02. The molecule has 2 aliphatic rings. The van der Waals surface area contributed by atoms with Crippen molar-refractivity contribution in [1.29, 1.82) is 0 Å². The molecule has 0 aliphatic heterocycles. The molecule has 0 spiro atoms. The van der Waals surface area contributed by atoms with Crippen molar-refractivity contribution < 1.29 is 8.42 Å². The minimum absolute atomic E-state index is 0.0859. The Morgan fingerprint density at radius 3 is 2.12 bits per heavy atom. The van der Waals surface area contributed by atoms with E-state index in [1.54, 1.807) is 0 Å². The van der Waals surface area contributed by atoms with E-state index in [9.17, 15) is 8.42 Å². The first kappa shape index (κ1) is 13.3. The average molecular weight is 259 g/mol. The fourth-order valence-electron chi connectivity index (χ4n) is 3.55. The molecule has 0 saturated heterocycles. The monoisotopic (exact) mass is 259 g/mol. The third kappa shape index (κ3) is 3.02. The Hall–Kier alpha value is -0.0900. The molecule has 3 unspecified atom stereocenters. The van der Waals surface area contributed by atoms with E-state index in [0.29, 0.717) is 12.0 Å². The molecule has 0 aromatic rings. The summed E-state index contributed by atoms with van der Waals surface area (Å²) in [7, 11) is -0.808. The standard InChI is InChI=1S/C13H25NO2S/c1-14-13(10-5-3-6-10)11-7-4-8-12(9-11)17(2,15)16/h10-14H,3-9H2,1-2H3. The van der Waals surface area contributed by atoms with Crippen LogP contribution in [-0.2, 0) is 9.84 Å². The number of hydrogen-bond donors (Lipinski definition) is 1. The lowest BCUT2D eigenvalue weighted by molar-refractivity contribution is 0.154. The molecular weight excluding hydrogens is 234 g/mol. The third-order valence-corrected chi connectivity index (χ3v) is 6.41. The van der Waals surface area contributed by atoms with Crippen molar-refractivity contribution >= 4 is 9.84 Å². The van der Waals surface area contributed by atoms with E-state index in [1.807, 2.05) is 7.05 Å². The molecule has 0 heterocycles. The summed E-state index contributed by atoms with van der Waals surface area (Å²) in [6.45, 7) is 0. The molecule has 2 aliphatic carbocycles. The minimum atomic E-state index is -2.84. The highest BCUT2D eigenvalue weighted by Gasteiger charge is 2.37. The van der Waals surface area contributed by atoms with Gasteiger partial charge in [0.05, 0.1) is 5.25 Å². The van der Waals surface area contributed by atoms with Gasteiger partial charge in [0.2, 0.25) is 0 Å². The molecule has 2 saturated carbocycles. The lowest BCUT2D eigenvalue weighted by Crippen LogP contribution is -2.46. The van der Waals surface area contributed by atoms with Crippen molar-refractivity contribution in [1.82, 2.24) is 5.32 Å². The van der Waals surface area contributed by atoms with Gasteiger partial charge in [-0.3, -0.25) is 0 Å². The van der Waals surface area contributed by atoms with Gasteiger partial charge in [0.25, 0.3) is 0 Å². The molecule has 0 amide bonds. The van der Waals surface area contributed by atoms with Crippen LogP contribution < -0.4 is 5.32 Å². The van der Waals surface area contributed by atoms with E-state index in [4.69, 9.17) is 0 Å². The zero-order valence-electron chi connectivity index (χ0n) is 11.0. The summed E-state index contributed by atoms with van der Waals surface area (Å²) >= 11 is 0. The average Bonchev–Trinajstić information content (AvgIpc) is 2.22. The molecular formula is C13H25NO2S. The summed E-state index contributed by atoms with van der Waals surface area (Å²) < 4.78 is 23.4. The Morgan fingerprint density at radius 1 is 1.06 bits per heavy atom. The largest absolute Gasteiger partial charge is 0.316 e. The zero-order chi connectivity index (χ0) is 12.5. The van der Waals surface area contributed by atoms with E-state index in [-0.39, 0.29) is 5.25 Å². The second kappa shape index (κ2) is 5.27. The molecule has 1 N–H and O–H groups in total. The predicted octanol–water partition coefficient (Wildman–Crippen LogP) is 1.98. The highest BCUT2D eigenvalue weighted by Crippen LogP contribution is 2.38. The van der Waals surface area contributed by atoms with Gasteiger partial charge in [-0.1, -0.05) is 12.8 Å². The predicted molar refractivity (Wildman–Crippen MR) is 70.8 cm³/mol. The summed E-state index contributed by atoms with van der Waals surface area (Å²) in [5.41, 5.74) is 0. The van der Waals surface area contributed by atoms with Gasteiger partial charge in [0.15, 0.2) is 0 Å². The van der Waals surface area contributed by atoms with Crippen LogP contribution in [0, 0.1) is 11.8 Å². The van der Waals surface area contributed by atoms with Crippen LogP contribution in [0.4, 0.5) is 0 Å². The van der Waals surface area contributed by atoms with Crippen molar-refractivity contribution in [3.8, 4) is 0 Å². The fourth-order valence-corrected chi connectivity index (χ4v) is 4.74. The van der Waals surface area contributed by atoms with Crippen LogP contribution in [0.15, 0.2) is 0 Å². The van der Waals surface area contributed by atoms with Crippen LogP contribution in [0.1, 0.15) is 44.9 Å². The van der Waals surface area contributed by atoms with Crippen molar-refractivity contribution in [2.45, 2.75) is 56.2 Å². The second-order valence-electron chi connectivity index (χ2n) is 5.88. The van der Waals surface area contributed by atoms with E-state index < -0.39 is 9.84 Å².